The van der Waals surface area contributed by atoms with E-state index in [4.69, 9.17) is 11.2 Å². The van der Waals surface area contributed by atoms with Gasteiger partial charge in [-0.2, -0.15) is 9.30 Å². The fourth-order valence-corrected chi connectivity index (χ4v) is 5.71. The third-order valence-electron chi connectivity index (χ3n) is 4.82. The topological polar surface area (TPSA) is 81.0 Å². The maximum atomic E-state index is 12.9. The van der Waals surface area contributed by atoms with E-state index in [1.54, 1.807) is 4.57 Å². The van der Waals surface area contributed by atoms with E-state index in [1.807, 2.05) is 25.1 Å². The average molecular weight is 496 g/mol. The Labute approximate surface area is 203 Å². The molecule has 3 aromatic rings. The highest BCUT2D eigenvalue weighted by Gasteiger charge is 2.22. The Morgan fingerprint density at radius 2 is 1.88 bits per heavy atom. The molecular formula is C25H25N3O4S2. The third-order valence-corrected chi connectivity index (χ3v) is 7.70. The van der Waals surface area contributed by atoms with E-state index in [0.29, 0.717) is 11.4 Å². The van der Waals surface area contributed by atoms with Crippen molar-refractivity contribution in [2.45, 2.75) is 18.4 Å². The summed E-state index contributed by atoms with van der Waals surface area (Å²) in [5.41, 5.74) is 1.11. The van der Waals surface area contributed by atoms with Crippen molar-refractivity contribution >= 4 is 37.5 Å². The van der Waals surface area contributed by atoms with E-state index in [1.165, 1.54) is 52.1 Å². The molecule has 0 saturated carbocycles. The molecule has 0 fully saturated rings. The number of hydrogen-bond acceptors (Lipinski definition) is 5. The lowest BCUT2D eigenvalue weighted by molar-refractivity contribution is 0.0998. The van der Waals surface area contributed by atoms with Gasteiger partial charge in [-0.1, -0.05) is 29.4 Å². The molecule has 0 aliphatic heterocycles. The van der Waals surface area contributed by atoms with E-state index in [2.05, 4.69) is 24.1 Å². The third kappa shape index (κ3) is 5.37. The molecular weight excluding hydrogens is 470 g/mol. The number of terminal acetylenes is 1. The number of amides is 1. The minimum Gasteiger partial charge on any atom is -0.494 e. The van der Waals surface area contributed by atoms with Gasteiger partial charge in [-0.25, -0.2) is 8.42 Å². The van der Waals surface area contributed by atoms with Crippen LogP contribution < -0.4 is 9.54 Å². The van der Waals surface area contributed by atoms with Crippen LogP contribution in [0.25, 0.3) is 10.2 Å². The lowest BCUT2D eigenvalue weighted by atomic mass is 10.2. The highest BCUT2D eigenvalue weighted by molar-refractivity contribution is 7.89. The van der Waals surface area contributed by atoms with Crippen LogP contribution in [0.15, 0.2) is 77.7 Å². The number of ether oxygens (including phenoxy) is 1. The Morgan fingerprint density at radius 3 is 2.47 bits per heavy atom. The van der Waals surface area contributed by atoms with Crippen LogP contribution >= 0.6 is 11.3 Å². The molecule has 0 aliphatic carbocycles. The second-order valence-electron chi connectivity index (χ2n) is 7.08. The number of benzene rings is 2. The molecule has 1 aromatic heterocycles. The van der Waals surface area contributed by atoms with E-state index in [0.717, 1.165) is 16.0 Å². The molecule has 0 spiro atoms. The van der Waals surface area contributed by atoms with Crippen molar-refractivity contribution < 1.29 is 17.9 Å². The molecule has 2 aromatic carbocycles. The maximum absolute atomic E-state index is 12.9. The summed E-state index contributed by atoms with van der Waals surface area (Å²) in [7, 11) is -3.75. The summed E-state index contributed by atoms with van der Waals surface area (Å²) < 4.78 is 35.2. The van der Waals surface area contributed by atoms with E-state index in [-0.39, 0.29) is 30.1 Å². The summed E-state index contributed by atoms with van der Waals surface area (Å²) in [6.07, 6.45) is 8.54. The first-order chi connectivity index (χ1) is 16.3. The maximum Gasteiger partial charge on any atom is 0.279 e. The minimum absolute atomic E-state index is 0.0699. The highest BCUT2D eigenvalue weighted by atomic mass is 32.2. The largest absolute Gasteiger partial charge is 0.494 e. The standard InChI is InChI=1S/C25H25N3O4S2/c1-5-15-27(16-6-2)34(30,31)21-12-9-19(10-13-21)24(29)26-25-28(17-7-3)22-14-11-20(32-8-4)18-23(22)33-25/h3,5-6,9-14,18H,1-2,8,15-17H2,4H3. The summed E-state index contributed by atoms with van der Waals surface area (Å²) in [4.78, 5) is 17.7. The van der Waals surface area contributed by atoms with Crippen molar-refractivity contribution in [2.75, 3.05) is 19.7 Å². The second kappa shape index (κ2) is 11.1. The van der Waals surface area contributed by atoms with Gasteiger partial charge in [0.25, 0.3) is 5.91 Å². The number of fused-ring (bicyclic) bond motifs is 1. The van der Waals surface area contributed by atoms with Crippen molar-refractivity contribution in [1.29, 1.82) is 0 Å². The molecule has 0 saturated heterocycles. The number of sulfonamides is 1. The van der Waals surface area contributed by atoms with Crippen LogP contribution in [0.3, 0.4) is 0 Å². The number of aromatic nitrogens is 1. The molecule has 0 atom stereocenters. The van der Waals surface area contributed by atoms with Crippen LogP contribution in [0.2, 0.25) is 0 Å². The fraction of sp³-hybridized carbons (Fsp3) is 0.200. The first-order valence-electron chi connectivity index (χ1n) is 10.5. The molecule has 1 amide bonds. The number of carbonyl (C=O) groups excluding carboxylic acids is 1. The first-order valence-corrected chi connectivity index (χ1v) is 12.7. The lowest BCUT2D eigenvalue weighted by Gasteiger charge is -2.19. The lowest BCUT2D eigenvalue weighted by Crippen LogP contribution is -2.31. The van der Waals surface area contributed by atoms with E-state index in [9.17, 15) is 13.2 Å². The van der Waals surface area contributed by atoms with Gasteiger partial charge in [-0.05, 0) is 49.4 Å². The van der Waals surface area contributed by atoms with Gasteiger partial charge in [0.2, 0.25) is 10.0 Å². The highest BCUT2D eigenvalue weighted by Crippen LogP contribution is 2.24. The zero-order valence-corrected chi connectivity index (χ0v) is 20.4. The van der Waals surface area contributed by atoms with E-state index < -0.39 is 15.9 Å². The zero-order chi connectivity index (χ0) is 24.7. The minimum atomic E-state index is -3.75. The van der Waals surface area contributed by atoms with Gasteiger partial charge in [0.15, 0.2) is 4.80 Å². The summed E-state index contributed by atoms with van der Waals surface area (Å²) in [6, 6.07) is 11.3. The van der Waals surface area contributed by atoms with Crippen LogP contribution in [-0.2, 0) is 16.6 Å². The van der Waals surface area contributed by atoms with Gasteiger partial charge in [0.05, 0.1) is 28.3 Å². The Morgan fingerprint density at radius 1 is 1.21 bits per heavy atom. The summed E-state index contributed by atoms with van der Waals surface area (Å²) in [6.45, 7) is 10.2. The first kappa shape index (κ1) is 25.2. The summed E-state index contributed by atoms with van der Waals surface area (Å²) in [5.74, 6) is 2.82. The smallest absolute Gasteiger partial charge is 0.279 e. The monoisotopic (exact) mass is 495 g/mol. The Hall–Kier alpha value is -3.45. The van der Waals surface area contributed by atoms with Crippen molar-refractivity contribution in [1.82, 2.24) is 8.87 Å². The van der Waals surface area contributed by atoms with Crippen molar-refractivity contribution in [2.24, 2.45) is 4.99 Å². The van der Waals surface area contributed by atoms with Crippen molar-refractivity contribution in [3.8, 4) is 18.1 Å². The van der Waals surface area contributed by atoms with E-state index >= 15 is 0 Å². The summed E-state index contributed by atoms with van der Waals surface area (Å²) >= 11 is 1.33. The molecule has 34 heavy (non-hydrogen) atoms. The predicted molar refractivity (Wildman–Crippen MR) is 135 cm³/mol. The van der Waals surface area contributed by atoms with Crippen LogP contribution in [0, 0.1) is 12.3 Å². The molecule has 9 heteroatoms. The molecule has 0 aliphatic rings. The Kier molecular flexibility index (Phi) is 8.23. The fourth-order valence-electron chi connectivity index (χ4n) is 3.27. The number of rotatable bonds is 10. The molecule has 1 heterocycles. The predicted octanol–water partition coefficient (Wildman–Crippen LogP) is 3.84. The average Bonchev–Trinajstić information content (AvgIpc) is 3.15. The van der Waals surface area contributed by atoms with Gasteiger partial charge < -0.3 is 9.30 Å². The summed E-state index contributed by atoms with van der Waals surface area (Å²) in [5, 5.41) is 0. The SMILES string of the molecule is C#CCn1c(=NC(=O)c2ccc(S(=O)(=O)N(CC=C)CC=C)cc2)sc2cc(OCC)ccc21. The number of carbonyl (C=O) groups is 1. The van der Waals surface area contributed by atoms with Crippen LogP contribution in [0.4, 0.5) is 0 Å². The molecule has 7 nitrogen and oxygen atoms in total. The van der Waals surface area contributed by atoms with Gasteiger partial charge in [0.1, 0.15) is 5.75 Å². The molecule has 0 unspecified atom stereocenters. The van der Waals surface area contributed by atoms with Gasteiger partial charge >= 0.3 is 0 Å². The molecule has 0 N–H and O–H groups in total. The quantitative estimate of drug-likeness (QED) is 0.316. The van der Waals surface area contributed by atoms with Crippen molar-refractivity contribution in [3.63, 3.8) is 0 Å². The Bertz CT molecular complexity index is 1420. The van der Waals surface area contributed by atoms with Gasteiger partial charge in [0, 0.05) is 18.7 Å². The van der Waals surface area contributed by atoms with Crippen LogP contribution in [0.1, 0.15) is 17.3 Å². The van der Waals surface area contributed by atoms with Crippen molar-refractivity contribution in [3.05, 3.63) is 78.1 Å². The molecule has 3 rings (SSSR count). The zero-order valence-electron chi connectivity index (χ0n) is 18.8. The molecule has 0 bridgehead atoms. The van der Waals surface area contributed by atoms with Gasteiger partial charge in [-0.15, -0.1) is 19.6 Å². The number of hydrogen-bond donors (Lipinski definition) is 0. The van der Waals surface area contributed by atoms with Crippen LogP contribution in [0.5, 0.6) is 5.75 Å². The van der Waals surface area contributed by atoms with Crippen LogP contribution in [-0.4, -0.2) is 42.9 Å². The molecule has 0 radical (unpaired) electrons. The normalized spacial score (nSPS) is 12.0. The Balaban J connectivity index is 1.97. The number of thiazole rings is 1. The van der Waals surface area contributed by atoms with Gasteiger partial charge in [-0.3, -0.25) is 4.79 Å². The number of nitrogens with zero attached hydrogens (tertiary/aromatic N) is 3. The molecule has 176 valence electrons. The second-order valence-corrected chi connectivity index (χ2v) is 10.0.